The van der Waals surface area contributed by atoms with Crippen molar-refractivity contribution in [3.63, 3.8) is 0 Å². The highest BCUT2D eigenvalue weighted by Crippen LogP contribution is 2.20. The Balaban J connectivity index is 2.20. The van der Waals surface area contributed by atoms with Crippen LogP contribution < -0.4 is 10.5 Å². The largest absolute Gasteiger partial charge is 0.491 e. The van der Waals surface area contributed by atoms with E-state index in [1.54, 1.807) is 42.3 Å². The van der Waals surface area contributed by atoms with Crippen LogP contribution in [0.3, 0.4) is 0 Å². The van der Waals surface area contributed by atoms with Crippen molar-refractivity contribution in [2.75, 3.05) is 0 Å². The molecule has 0 saturated heterocycles. The molecule has 5 nitrogen and oxygen atoms in total. The summed E-state index contributed by atoms with van der Waals surface area (Å²) in [4.78, 5) is 12.4. The molecule has 1 heterocycles. The maximum atomic E-state index is 12.4. The minimum Gasteiger partial charge on any atom is -0.491 e. The van der Waals surface area contributed by atoms with Gasteiger partial charge < -0.3 is 10.5 Å². The van der Waals surface area contributed by atoms with Crippen molar-refractivity contribution in [1.29, 1.82) is 0 Å². The molecule has 1 aromatic heterocycles. The number of carbonyl (C=O) groups excluding carboxylic acids is 1. The molecular formula is C15H19N3O2. The molecule has 20 heavy (non-hydrogen) atoms. The first-order valence-electron chi connectivity index (χ1n) is 6.52. The number of ketones is 1. The normalized spacial score (nSPS) is 12.4. The molecule has 1 unspecified atom stereocenters. The molecular weight excluding hydrogens is 254 g/mol. The Hall–Kier alpha value is -2.14. The summed E-state index contributed by atoms with van der Waals surface area (Å²) in [6.45, 7) is 3.88. The Kier molecular flexibility index (Phi) is 4.20. The highest BCUT2D eigenvalue weighted by Gasteiger charge is 2.19. The van der Waals surface area contributed by atoms with Gasteiger partial charge in [-0.25, -0.2) is 0 Å². The Morgan fingerprint density at radius 1 is 1.40 bits per heavy atom. The van der Waals surface area contributed by atoms with Crippen molar-refractivity contribution >= 4 is 5.78 Å². The van der Waals surface area contributed by atoms with Crippen LogP contribution in [0.4, 0.5) is 0 Å². The molecule has 0 saturated carbocycles. The summed E-state index contributed by atoms with van der Waals surface area (Å²) in [5.41, 5.74) is 7.23. The summed E-state index contributed by atoms with van der Waals surface area (Å²) in [6.07, 6.45) is 3.42. The second-order valence-electron chi connectivity index (χ2n) is 4.98. The van der Waals surface area contributed by atoms with Gasteiger partial charge in [0.25, 0.3) is 0 Å². The quantitative estimate of drug-likeness (QED) is 0.847. The summed E-state index contributed by atoms with van der Waals surface area (Å²) in [5, 5.41) is 4.03. The summed E-state index contributed by atoms with van der Waals surface area (Å²) >= 11 is 0. The molecule has 0 radical (unpaired) electrons. The second-order valence-corrected chi connectivity index (χ2v) is 4.98. The predicted molar refractivity (Wildman–Crippen MR) is 76.7 cm³/mol. The van der Waals surface area contributed by atoms with Crippen molar-refractivity contribution in [3.8, 4) is 5.75 Å². The highest BCUT2D eigenvalue weighted by atomic mass is 16.5. The molecule has 1 aromatic carbocycles. The Bertz CT molecular complexity index is 605. The van der Waals surface area contributed by atoms with Gasteiger partial charge in [0.15, 0.2) is 5.78 Å². The Morgan fingerprint density at radius 2 is 2.15 bits per heavy atom. The molecule has 106 valence electrons. The van der Waals surface area contributed by atoms with Gasteiger partial charge in [0, 0.05) is 24.4 Å². The molecule has 0 spiro atoms. The molecule has 2 rings (SSSR count). The van der Waals surface area contributed by atoms with Gasteiger partial charge in [0.05, 0.1) is 18.3 Å². The predicted octanol–water partition coefficient (Wildman–Crippen LogP) is 2.09. The van der Waals surface area contributed by atoms with E-state index < -0.39 is 6.04 Å². The fraction of sp³-hybridized carbons (Fsp3) is 0.333. The minimum atomic E-state index is -0.710. The summed E-state index contributed by atoms with van der Waals surface area (Å²) in [5.74, 6) is 0.524. The van der Waals surface area contributed by atoms with E-state index in [0.29, 0.717) is 16.9 Å². The third-order valence-corrected chi connectivity index (χ3v) is 2.86. The number of nitrogens with zero attached hydrogens (tertiary/aromatic N) is 2. The highest BCUT2D eigenvalue weighted by molar-refractivity contribution is 6.00. The number of hydrogen-bond donors (Lipinski definition) is 1. The zero-order valence-electron chi connectivity index (χ0n) is 11.9. The lowest BCUT2D eigenvalue weighted by Crippen LogP contribution is -2.21. The van der Waals surface area contributed by atoms with Gasteiger partial charge in [0.2, 0.25) is 0 Å². The van der Waals surface area contributed by atoms with Crippen LogP contribution in [0.5, 0.6) is 5.75 Å². The van der Waals surface area contributed by atoms with Gasteiger partial charge >= 0.3 is 0 Å². The van der Waals surface area contributed by atoms with Crippen molar-refractivity contribution in [2.45, 2.75) is 26.0 Å². The SMILES string of the molecule is CC(C)Oc1cccc(C(=O)C(N)c2cnn(C)c2)c1. The van der Waals surface area contributed by atoms with E-state index in [2.05, 4.69) is 5.10 Å². The lowest BCUT2D eigenvalue weighted by molar-refractivity contribution is 0.0960. The number of aromatic nitrogens is 2. The Labute approximate surface area is 118 Å². The van der Waals surface area contributed by atoms with Gasteiger partial charge in [-0.3, -0.25) is 9.48 Å². The molecule has 5 heteroatoms. The number of aryl methyl sites for hydroxylation is 1. The maximum absolute atomic E-state index is 12.4. The Morgan fingerprint density at radius 3 is 2.75 bits per heavy atom. The molecule has 0 bridgehead atoms. The van der Waals surface area contributed by atoms with Gasteiger partial charge in [0.1, 0.15) is 5.75 Å². The van der Waals surface area contributed by atoms with Crippen molar-refractivity contribution in [2.24, 2.45) is 12.8 Å². The minimum absolute atomic E-state index is 0.0624. The van der Waals surface area contributed by atoms with Crippen LogP contribution in [0, 0.1) is 0 Å². The number of carbonyl (C=O) groups is 1. The van der Waals surface area contributed by atoms with Crippen LogP contribution in [0.25, 0.3) is 0 Å². The summed E-state index contributed by atoms with van der Waals surface area (Å²) in [6, 6.07) is 6.37. The van der Waals surface area contributed by atoms with Gasteiger partial charge in [-0.15, -0.1) is 0 Å². The lowest BCUT2D eigenvalue weighted by atomic mass is 10.0. The van der Waals surface area contributed by atoms with E-state index in [-0.39, 0.29) is 11.9 Å². The third kappa shape index (κ3) is 3.24. The maximum Gasteiger partial charge on any atom is 0.184 e. The number of nitrogens with two attached hydrogens (primary N) is 1. The molecule has 0 aliphatic carbocycles. The van der Waals surface area contributed by atoms with Crippen LogP contribution in [-0.2, 0) is 7.05 Å². The number of Topliss-reactive ketones (excluding diaryl/α,β-unsaturated/α-hetero) is 1. The van der Waals surface area contributed by atoms with Crippen LogP contribution in [0.2, 0.25) is 0 Å². The molecule has 0 aliphatic rings. The molecule has 2 N–H and O–H groups in total. The zero-order chi connectivity index (χ0) is 14.7. The number of hydrogen-bond acceptors (Lipinski definition) is 4. The van der Waals surface area contributed by atoms with Crippen LogP contribution in [-0.4, -0.2) is 21.7 Å². The summed E-state index contributed by atoms with van der Waals surface area (Å²) in [7, 11) is 1.79. The second kappa shape index (κ2) is 5.88. The molecule has 0 aliphatic heterocycles. The van der Waals surface area contributed by atoms with E-state index in [4.69, 9.17) is 10.5 Å². The van der Waals surface area contributed by atoms with E-state index in [1.807, 2.05) is 19.9 Å². The lowest BCUT2D eigenvalue weighted by Gasteiger charge is -2.12. The van der Waals surface area contributed by atoms with Gasteiger partial charge in [-0.1, -0.05) is 12.1 Å². The van der Waals surface area contributed by atoms with E-state index in [1.165, 1.54) is 0 Å². The monoisotopic (exact) mass is 273 g/mol. The molecule has 1 atom stereocenters. The zero-order valence-corrected chi connectivity index (χ0v) is 11.9. The van der Waals surface area contributed by atoms with Crippen LogP contribution >= 0.6 is 0 Å². The number of ether oxygens (including phenoxy) is 1. The standard InChI is InChI=1S/C15H19N3O2/c1-10(2)20-13-6-4-5-11(7-13)15(19)14(16)12-8-17-18(3)9-12/h4-10,14H,16H2,1-3H3. The van der Waals surface area contributed by atoms with E-state index >= 15 is 0 Å². The first kappa shape index (κ1) is 14.3. The van der Waals surface area contributed by atoms with Gasteiger partial charge in [-0.2, -0.15) is 5.10 Å². The first-order chi connectivity index (χ1) is 9.47. The smallest absolute Gasteiger partial charge is 0.184 e. The van der Waals surface area contributed by atoms with Crippen molar-refractivity contribution < 1.29 is 9.53 Å². The molecule has 2 aromatic rings. The van der Waals surface area contributed by atoms with Crippen LogP contribution in [0.15, 0.2) is 36.7 Å². The van der Waals surface area contributed by atoms with E-state index in [0.717, 1.165) is 0 Å². The number of benzene rings is 1. The van der Waals surface area contributed by atoms with Crippen molar-refractivity contribution in [1.82, 2.24) is 9.78 Å². The summed E-state index contributed by atoms with van der Waals surface area (Å²) < 4.78 is 7.21. The fourth-order valence-electron chi connectivity index (χ4n) is 1.93. The third-order valence-electron chi connectivity index (χ3n) is 2.86. The average Bonchev–Trinajstić information content (AvgIpc) is 2.83. The molecule has 0 fully saturated rings. The fourth-order valence-corrected chi connectivity index (χ4v) is 1.93. The average molecular weight is 273 g/mol. The van der Waals surface area contributed by atoms with E-state index in [9.17, 15) is 4.79 Å². The van der Waals surface area contributed by atoms with Crippen molar-refractivity contribution in [3.05, 3.63) is 47.8 Å². The van der Waals surface area contributed by atoms with Crippen LogP contribution in [0.1, 0.15) is 35.8 Å². The number of rotatable bonds is 5. The molecule has 0 amide bonds. The first-order valence-corrected chi connectivity index (χ1v) is 6.52. The topological polar surface area (TPSA) is 70.1 Å². The van der Waals surface area contributed by atoms with Gasteiger partial charge in [-0.05, 0) is 26.0 Å².